The second kappa shape index (κ2) is 4.98. The van der Waals surface area contributed by atoms with E-state index in [0.29, 0.717) is 11.6 Å². The zero-order valence-corrected chi connectivity index (χ0v) is 11.0. The van der Waals surface area contributed by atoms with E-state index in [4.69, 9.17) is 11.6 Å². The number of amides is 1. The van der Waals surface area contributed by atoms with Crippen LogP contribution in [0.2, 0.25) is 5.02 Å². The molecule has 1 unspecified atom stereocenters. The van der Waals surface area contributed by atoms with Gasteiger partial charge in [-0.2, -0.15) is 0 Å². The lowest BCUT2D eigenvalue weighted by molar-refractivity contribution is -0.145. The normalized spacial score (nSPS) is 19.2. The molecule has 96 valence electrons. The van der Waals surface area contributed by atoms with E-state index in [-0.39, 0.29) is 24.2 Å². The van der Waals surface area contributed by atoms with Gasteiger partial charge in [-0.25, -0.2) is 0 Å². The molecule has 1 saturated heterocycles. The van der Waals surface area contributed by atoms with Crippen LogP contribution in [0.3, 0.4) is 0 Å². The van der Waals surface area contributed by atoms with E-state index in [1.807, 2.05) is 19.1 Å². The number of ether oxygens (including phenoxy) is 1. The van der Waals surface area contributed by atoms with Crippen LogP contribution in [-0.4, -0.2) is 25.5 Å². The number of carbonyl (C=O) groups excluding carboxylic acids is 2. The van der Waals surface area contributed by atoms with Gasteiger partial charge in [0.15, 0.2) is 0 Å². The molecule has 0 radical (unpaired) electrons. The lowest BCUT2D eigenvalue weighted by Gasteiger charge is -2.17. The minimum atomic E-state index is -0.387. The molecule has 1 aromatic rings. The smallest absolute Gasteiger partial charge is 0.311 e. The average Bonchev–Trinajstić information content (AvgIpc) is 2.69. The van der Waals surface area contributed by atoms with Crippen molar-refractivity contribution in [3.8, 4) is 0 Å². The largest absolute Gasteiger partial charge is 0.469 e. The lowest BCUT2D eigenvalue weighted by Crippen LogP contribution is -2.26. The summed E-state index contributed by atoms with van der Waals surface area (Å²) < 4.78 is 4.67. The highest BCUT2D eigenvalue weighted by molar-refractivity contribution is 6.31. The van der Waals surface area contributed by atoms with Crippen molar-refractivity contribution < 1.29 is 14.3 Å². The van der Waals surface area contributed by atoms with Gasteiger partial charge in [-0.05, 0) is 30.7 Å². The van der Waals surface area contributed by atoms with Crippen molar-refractivity contribution in [3.63, 3.8) is 0 Å². The summed E-state index contributed by atoms with van der Waals surface area (Å²) in [5, 5.41) is 0.583. The lowest BCUT2D eigenvalue weighted by atomic mass is 10.1. The van der Waals surface area contributed by atoms with E-state index in [2.05, 4.69) is 4.74 Å². The zero-order valence-electron chi connectivity index (χ0n) is 10.3. The number of benzene rings is 1. The van der Waals surface area contributed by atoms with Gasteiger partial charge in [0.05, 0.1) is 13.0 Å². The Morgan fingerprint density at radius 2 is 2.17 bits per heavy atom. The third-order valence-electron chi connectivity index (χ3n) is 3.00. The molecule has 0 aromatic heterocycles. The molecule has 1 aromatic carbocycles. The minimum Gasteiger partial charge on any atom is -0.469 e. The molecular formula is C13H14ClNO3. The van der Waals surface area contributed by atoms with Gasteiger partial charge in [-0.1, -0.05) is 11.6 Å². The quantitative estimate of drug-likeness (QED) is 0.772. The summed E-state index contributed by atoms with van der Waals surface area (Å²) in [4.78, 5) is 24.9. The molecule has 0 N–H and O–H groups in total. The topological polar surface area (TPSA) is 46.6 Å². The van der Waals surface area contributed by atoms with Crippen LogP contribution in [0.15, 0.2) is 18.2 Å². The first-order chi connectivity index (χ1) is 8.51. The molecule has 2 rings (SSSR count). The third kappa shape index (κ3) is 2.48. The minimum absolute atomic E-state index is 0.0768. The fourth-order valence-corrected chi connectivity index (χ4v) is 2.44. The Labute approximate surface area is 110 Å². The predicted octanol–water partition coefficient (Wildman–Crippen LogP) is 2.17. The summed E-state index contributed by atoms with van der Waals surface area (Å²) in [5.74, 6) is -0.807. The van der Waals surface area contributed by atoms with E-state index >= 15 is 0 Å². The van der Waals surface area contributed by atoms with Gasteiger partial charge in [-0.3, -0.25) is 9.59 Å². The molecule has 1 heterocycles. The molecule has 1 amide bonds. The Bertz CT molecular complexity index is 481. The summed E-state index contributed by atoms with van der Waals surface area (Å²) in [6.45, 7) is 2.26. The van der Waals surface area contributed by atoms with Gasteiger partial charge in [-0.15, -0.1) is 0 Å². The molecular weight excluding hydrogens is 254 g/mol. The molecule has 1 atom stereocenters. The SMILES string of the molecule is COC(=O)C1CC(=O)N(c2cc(C)cc(Cl)c2)C1. The first-order valence-electron chi connectivity index (χ1n) is 5.66. The van der Waals surface area contributed by atoms with Crippen molar-refractivity contribution in [2.24, 2.45) is 5.92 Å². The standard InChI is InChI=1S/C13H14ClNO3/c1-8-3-10(14)6-11(4-8)15-7-9(5-12(15)16)13(17)18-2/h3-4,6,9H,5,7H2,1-2H3. The number of rotatable bonds is 2. The van der Waals surface area contributed by atoms with Gasteiger partial charge in [0.2, 0.25) is 5.91 Å². The average molecular weight is 268 g/mol. The second-order valence-corrected chi connectivity index (χ2v) is 4.85. The van der Waals surface area contributed by atoms with Crippen LogP contribution in [0, 0.1) is 12.8 Å². The van der Waals surface area contributed by atoms with Crippen molar-refractivity contribution in [2.45, 2.75) is 13.3 Å². The molecule has 5 heteroatoms. The van der Waals surface area contributed by atoms with Crippen LogP contribution >= 0.6 is 11.6 Å². The van der Waals surface area contributed by atoms with E-state index < -0.39 is 0 Å². The Morgan fingerprint density at radius 3 is 2.78 bits per heavy atom. The van der Waals surface area contributed by atoms with Crippen LogP contribution in [0.1, 0.15) is 12.0 Å². The maximum Gasteiger partial charge on any atom is 0.311 e. The van der Waals surface area contributed by atoms with Gasteiger partial charge >= 0.3 is 5.97 Å². The van der Waals surface area contributed by atoms with Crippen LogP contribution in [0.25, 0.3) is 0 Å². The molecule has 1 aliphatic heterocycles. The van der Waals surface area contributed by atoms with E-state index in [1.54, 1.807) is 11.0 Å². The van der Waals surface area contributed by atoms with E-state index in [9.17, 15) is 9.59 Å². The Kier molecular flexibility index (Phi) is 3.57. The highest BCUT2D eigenvalue weighted by Gasteiger charge is 2.35. The zero-order chi connectivity index (χ0) is 13.3. The van der Waals surface area contributed by atoms with Gasteiger partial charge in [0.1, 0.15) is 0 Å². The van der Waals surface area contributed by atoms with Gasteiger partial charge in [0, 0.05) is 23.7 Å². The number of aryl methyl sites for hydroxylation is 1. The number of hydrogen-bond donors (Lipinski definition) is 0. The molecule has 0 saturated carbocycles. The molecule has 0 aliphatic carbocycles. The van der Waals surface area contributed by atoms with Crippen molar-refractivity contribution >= 4 is 29.2 Å². The summed E-state index contributed by atoms with van der Waals surface area (Å²) in [5.41, 5.74) is 1.71. The van der Waals surface area contributed by atoms with E-state index in [1.165, 1.54) is 7.11 Å². The van der Waals surface area contributed by atoms with Gasteiger partial charge in [0.25, 0.3) is 0 Å². The van der Waals surface area contributed by atoms with Crippen molar-refractivity contribution in [1.82, 2.24) is 0 Å². The number of anilines is 1. The van der Waals surface area contributed by atoms with Crippen LogP contribution in [-0.2, 0) is 14.3 Å². The molecule has 0 spiro atoms. The van der Waals surface area contributed by atoms with Crippen LogP contribution in [0.5, 0.6) is 0 Å². The highest BCUT2D eigenvalue weighted by atomic mass is 35.5. The fraction of sp³-hybridized carbons (Fsp3) is 0.385. The highest BCUT2D eigenvalue weighted by Crippen LogP contribution is 2.28. The number of esters is 1. The van der Waals surface area contributed by atoms with Crippen molar-refractivity contribution in [1.29, 1.82) is 0 Å². The molecule has 1 aliphatic rings. The number of halogens is 1. The molecule has 0 bridgehead atoms. The van der Waals surface area contributed by atoms with E-state index in [0.717, 1.165) is 11.3 Å². The molecule has 1 fully saturated rings. The fourth-order valence-electron chi connectivity index (χ4n) is 2.15. The van der Waals surface area contributed by atoms with Crippen LogP contribution in [0.4, 0.5) is 5.69 Å². The number of hydrogen-bond acceptors (Lipinski definition) is 3. The first-order valence-corrected chi connectivity index (χ1v) is 6.04. The van der Waals surface area contributed by atoms with Crippen molar-refractivity contribution in [3.05, 3.63) is 28.8 Å². The third-order valence-corrected chi connectivity index (χ3v) is 3.22. The van der Waals surface area contributed by atoms with Gasteiger partial charge < -0.3 is 9.64 Å². The number of nitrogens with zero attached hydrogens (tertiary/aromatic N) is 1. The summed E-state index contributed by atoms with van der Waals surface area (Å²) in [6.07, 6.45) is 0.193. The first kappa shape index (κ1) is 12.9. The summed E-state index contributed by atoms with van der Waals surface area (Å²) in [7, 11) is 1.33. The van der Waals surface area contributed by atoms with Crippen LogP contribution < -0.4 is 4.90 Å². The number of carbonyl (C=O) groups is 2. The maximum atomic E-state index is 11.9. The second-order valence-electron chi connectivity index (χ2n) is 4.42. The predicted molar refractivity (Wildman–Crippen MR) is 68.7 cm³/mol. The monoisotopic (exact) mass is 267 g/mol. The Morgan fingerprint density at radius 1 is 1.44 bits per heavy atom. The molecule has 4 nitrogen and oxygen atoms in total. The van der Waals surface area contributed by atoms with Crippen molar-refractivity contribution in [2.75, 3.05) is 18.6 Å². The Hall–Kier alpha value is -1.55. The Balaban J connectivity index is 2.24. The summed E-state index contributed by atoms with van der Waals surface area (Å²) in [6, 6.07) is 5.43. The maximum absolute atomic E-state index is 11.9. The molecule has 18 heavy (non-hydrogen) atoms. The summed E-state index contributed by atoms with van der Waals surface area (Å²) >= 11 is 5.97. The number of methoxy groups -OCH3 is 1.